The van der Waals surface area contributed by atoms with E-state index in [2.05, 4.69) is 10.6 Å². The zero-order valence-corrected chi connectivity index (χ0v) is 31.4. The lowest BCUT2D eigenvalue weighted by atomic mass is 9.95. The van der Waals surface area contributed by atoms with Gasteiger partial charge in [-0.15, -0.1) is 11.3 Å². The molecule has 0 saturated carbocycles. The van der Waals surface area contributed by atoms with Gasteiger partial charge in [-0.25, -0.2) is 13.2 Å². The summed E-state index contributed by atoms with van der Waals surface area (Å²) in [5, 5.41) is 6.36. The predicted molar refractivity (Wildman–Crippen MR) is 203 cm³/mol. The first-order chi connectivity index (χ1) is 25.6. The van der Waals surface area contributed by atoms with Crippen molar-refractivity contribution >= 4 is 55.8 Å². The number of piperidine rings is 1. The molecule has 3 aromatic carbocycles. The number of carbonyl (C=O) groups is 4. The van der Waals surface area contributed by atoms with Crippen LogP contribution in [0.15, 0.2) is 77.7 Å². The van der Waals surface area contributed by atoms with Crippen molar-refractivity contribution in [3.8, 4) is 0 Å². The number of amides is 2. The molecule has 11 nitrogen and oxygen atoms in total. The van der Waals surface area contributed by atoms with Crippen molar-refractivity contribution in [2.24, 2.45) is 5.92 Å². The first kappa shape index (κ1) is 37.9. The summed E-state index contributed by atoms with van der Waals surface area (Å²) in [6, 6.07) is 20.8. The minimum absolute atomic E-state index is 0.0215. The van der Waals surface area contributed by atoms with Crippen molar-refractivity contribution in [3.63, 3.8) is 0 Å². The Labute approximate surface area is 313 Å². The summed E-state index contributed by atoms with van der Waals surface area (Å²) in [5.41, 5.74) is 4.80. The molecule has 13 heteroatoms. The minimum Gasteiger partial charge on any atom is -0.466 e. The molecule has 1 aliphatic carbocycles. The number of ether oxygens (including phenoxy) is 2. The summed E-state index contributed by atoms with van der Waals surface area (Å²) < 4.78 is 38.5. The summed E-state index contributed by atoms with van der Waals surface area (Å²) in [6.07, 6.45) is 6.09. The SMILES string of the molecule is CCOC(=O)C1CCCN(S(=O)(=O)c2cccc(C(=O)Nc3sc4c(c3C(=O)Nc3ccc(CCc5ccc(C(=O)OC)cc5)cc3)CCCC4)c2)C1. The molecule has 278 valence electrons. The number of sulfonamides is 1. The molecule has 6 rings (SSSR count). The number of hydrogen-bond acceptors (Lipinski definition) is 9. The highest BCUT2D eigenvalue weighted by molar-refractivity contribution is 7.89. The van der Waals surface area contributed by atoms with E-state index < -0.39 is 27.8 Å². The number of esters is 2. The van der Waals surface area contributed by atoms with E-state index in [9.17, 15) is 27.6 Å². The fourth-order valence-electron chi connectivity index (χ4n) is 6.79. The number of anilines is 2. The van der Waals surface area contributed by atoms with Gasteiger partial charge in [0.15, 0.2) is 0 Å². The van der Waals surface area contributed by atoms with Crippen LogP contribution in [0.2, 0.25) is 0 Å². The second kappa shape index (κ2) is 16.9. The molecule has 2 amide bonds. The number of hydrogen-bond donors (Lipinski definition) is 2. The first-order valence-electron chi connectivity index (χ1n) is 17.9. The van der Waals surface area contributed by atoms with E-state index in [4.69, 9.17) is 9.47 Å². The highest BCUT2D eigenvalue weighted by Gasteiger charge is 2.34. The highest BCUT2D eigenvalue weighted by atomic mass is 32.2. The van der Waals surface area contributed by atoms with Gasteiger partial charge in [-0.05, 0) is 117 Å². The van der Waals surface area contributed by atoms with Crippen LogP contribution in [0.1, 0.15) is 85.2 Å². The van der Waals surface area contributed by atoms with Crippen LogP contribution in [0.5, 0.6) is 0 Å². The summed E-state index contributed by atoms with van der Waals surface area (Å²) in [7, 11) is -2.63. The molecule has 2 aliphatic rings. The smallest absolute Gasteiger partial charge is 0.337 e. The third-order valence-electron chi connectivity index (χ3n) is 9.65. The van der Waals surface area contributed by atoms with Gasteiger partial charge in [0.2, 0.25) is 10.0 Å². The van der Waals surface area contributed by atoms with Gasteiger partial charge >= 0.3 is 11.9 Å². The van der Waals surface area contributed by atoms with Gasteiger partial charge < -0.3 is 20.1 Å². The molecule has 1 aromatic heterocycles. The molecule has 2 N–H and O–H groups in total. The van der Waals surface area contributed by atoms with E-state index in [0.717, 1.165) is 60.1 Å². The van der Waals surface area contributed by atoms with Crippen LogP contribution in [0.4, 0.5) is 10.7 Å². The third-order valence-corrected chi connectivity index (χ3v) is 12.7. The monoisotopic (exact) mass is 757 g/mol. The number of carbonyl (C=O) groups excluding carboxylic acids is 4. The molecular weight excluding hydrogens is 715 g/mol. The number of methoxy groups -OCH3 is 1. The van der Waals surface area contributed by atoms with E-state index >= 15 is 0 Å². The van der Waals surface area contributed by atoms with Crippen molar-refractivity contribution in [2.45, 2.75) is 63.2 Å². The average Bonchev–Trinajstić information content (AvgIpc) is 3.55. The zero-order chi connectivity index (χ0) is 37.5. The minimum atomic E-state index is -3.99. The Morgan fingerprint density at radius 3 is 2.25 bits per heavy atom. The second-order valence-electron chi connectivity index (χ2n) is 13.2. The van der Waals surface area contributed by atoms with Gasteiger partial charge in [-0.1, -0.05) is 30.3 Å². The Kier molecular flexibility index (Phi) is 12.1. The summed E-state index contributed by atoms with van der Waals surface area (Å²) in [5.74, 6) is -2.17. The van der Waals surface area contributed by atoms with E-state index in [1.165, 1.54) is 47.0 Å². The third kappa shape index (κ3) is 8.86. The maximum Gasteiger partial charge on any atom is 0.337 e. The van der Waals surface area contributed by atoms with Crippen LogP contribution in [-0.2, 0) is 50.0 Å². The molecule has 0 spiro atoms. The fraction of sp³-hybridized carbons (Fsp3) is 0.350. The number of aryl methyl sites for hydroxylation is 3. The molecule has 1 unspecified atom stereocenters. The van der Waals surface area contributed by atoms with Crippen molar-refractivity contribution in [1.82, 2.24) is 4.31 Å². The number of thiophene rings is 1. The van der Waals surface area contributed by atoms with Gasteiger partial charge in [-0.2, -0.15) is 4.31 Å². The molecule has 2 heterocycles. The van der Waals surface area contributed by atoms with Crippen LogP contribution >= 0.6 is 11.3 Å². The lowest BCUT2D eigenvalue weighted by Crippen LogP contribution is -2.42. The van der Waals surface area contributed by atoms with Gasteiger partial charge in [0.25, 0.3) is 11.8 Å². The Morgan fingerprint density at radius 2 is 1.55 bits per heavy atom. The topological polar surface area (TPSA) is 148 Å². The zero-order valence-electron chi connectivity index (χ0n) is 29.8. The lowest BCUT2D eigenvalue weighted by Gasteiger charge is -2.30. The molecule has 53 heavy (non-hydrogen) atoms. The molecule has 4 aromatic rings. The lowest BCUT2D eigenvalue weighted by molar-refractivity contribution is -0.149. The van der Waals surface area contributed by atoms with E-state index in [1.807, 2.05) is 36.4 Å². The molecule has 1 fully saturated rings. The van der Waals surface area contributed by atoms with Gasteiger partial charge in [0.1, 0.15) is 5.00 Å². The molecule has 0 bridgehead atoms. The van der Waals surface area contributed by atoms with Gasteiger partial charge in [0.05, 0.1) is 35.7 Å². The summed E-state index contributed by atoms with van der Waals surface area (Å²) in [4.78, 5) is 52.6. The number of nitrogens with one attached hydrogen (secondary N) is 2. The maximum absolute atomic E-state index is 13.8. The predicted octanol–water partition coefficient (Wildman–Crippen LogP) is 6.67. The summed E-state index contributed by atoms with van der Waals surface area (Å²) in [6.45, 7) is 2.23. The normalized spacial score (nSPS) is 15.9. The number of benzene rings is 3. The Morgan fingerprint density at radius 1 is 0.849 bits per heavy atom. The van der Waals surface area contributed by atoms with E-state index in [0.29, 0.717) is 34.7 Å². The Bertz CT molecular complexity index is 2090. The molecule has 1 saturated heterocycles. The largest absolute Gasteiger partial charge is 0.466 e. The van der Waals surface area contributed by atoms with E-state index in [-0.39, 0.29) is 42.0 Å². The molecule has 1 atom stereocenters. The van der Waals surface area contributed by atoms with E-state index in [1.54, 1.807) is 19.1 Å². The number of rotatable bonds is 12. The summed E-state index contributed by atoms with van der Waals surface area (Å²) >= 11 is 1.39. The van der Waals surface area contributed by atoms with Crippen molar-refractivity contribution in [2.75, 3.05) is 37.4 Å². The molecular formula is C40H43N3O8S2. The average molecular weight is 758 g/mol. The molecule has 1 aliphatic heterocycles. The van der Waals surface area contributed by atoms with Crippen LogP contribution in [0, 0.1) is 5.92 Å². The van der Waals surface area contributed by atoms with Crippen molar-refractivity contribution < 1.29 is 37.1 Å². The highest BCUT2D eigenvalue weighted by Crippen LogP contribution is 2.39. The van der Waals surface area contributed by atoms with Crippen LogP contribution in [0.3, 0.4) is 0 Å². The van der Waals surface area contributed by atoms with Crippen LogP contribution < -0.4 is 10.6 Å². The standard InChI is InChI=1S/C40H43N3O8S2/c1-3-51-40(47)30-9-7-23-43(25-30)53(48,49)32-10-6-8-29(24-32)36(44)42-38-35(33-11-4-5-12-34(33)52-38)37(45)41-31-21-17-27(18-22-31)14-13-26-15-19-28(20-16-26)39(46)50-2/h6,8,10,15-22,24,30H,3-5,7,9,11-14,23,25H2,1-2H3,(H,41,45)(H,42,44). The Hall–Kier alpha value is -4.85. The van der Waals surface area contributed by atoms with Gasteiger partial charge in [-0.3, -0.25) is 14.4 Å². The van der Waals surface area contributed by atoms with Gasteiger partial charge in [0, 0.05) is 29.2 Å². The number of fused-ring (bicyclic) bond motifs is 1. The fourth-order valence-corrected chi connectivity index (χ4v) is 9.64. The first-order valence-corrected chi connectivity index (χ1v) is 20.1. The quantitative estimate of drug-likeness (QED) is 0.152. The van der Waals surface area contributed by atoms with Crippen molar-refractivity contribution in [3.05, 3.63) is 111 Å². The second-order valence-corrected chi connectivity index (χ2v) is 16.2. The van der Waals surface area contributed by atoms with Crippen LogP contribution in [0.25, 0.3) is 0 Å². The molecule has 0 radical (unpaired) electrons. The maximum atomic E-state index is 13.8. The van der Waals surface area contributed by atoms with Crippen molar-refractivity contribution in [1.29, 1.82) is 0 Å². The number of nitrogens with zero attached hydrogens (tertiary/aromatic N) is 1. The van der Waals surface area contributed by atoms with Crippen LogP contribution in [-0.4, -0.2) is 63.3 Å². The Balaban J connectivity index is 1.14.